The van der Waals surface area contributed by atoms with E-state index in [0.717, 1.165) is 25.7 Å². The second-order valence-electron chi connectivity index (χ2n) is 4.47. The van der Waals surface area contributed by atoms with Crippen molar-refractivity contribution in [2.75, 3.05) is 0 Å². The van der Waals surface area contributed by atoms with Crippen LogP contribution >= 0.6 is 0 Å². The van der Waals surface area contributed by atoms with Crippen molar-refractivity contribution in [3.05, 3.63) is 0 Å². The average molecular weight is 349 g/mol. The Morgan fingerprint density at radius 2 is 1.53 bits per heavy atom. The van der Waals surface area contributed by atoms with Crippen LogP contribution in [0.4, 0.5) is 0 Å². The Morgan fingerprint density at radius 3 is 2.18 bits per heavy atom. The molecule has 0 heterocycles. The van der Waals surface area contributed by atoms with Crippen molar-refractivity contribution in [3.63, 3.8) is 0 Å². The maximum atomic E-state index is 11.5. The number of carbonyl (C=O) groups excluding carboxylic acids is 1. The molecule has 0 fully saturated rings. The summed E-state index contributed by atoms with van der Waals surface area (Å²) in [5.74, 6) is -0.248. The van der Waals surface area contributed by atoms with E-state index in [0.29, 0.717) is 10.9 Å². The zero-order valence-corrected chi connectivity index (χ0v) is 14.1. The van der Waals surface area contributed by atoms with Gasteiger partial charge in [-0.2, -0.15) is 0 Å². The van der Waals surface area contributed by atoms with Crippen LogP contribution in [0.25, 0.3) is 0 Å². The standard InChI is InChI=1S/C8H17.C5H10O2.O.Sn/c1-3-5-7-8-6-4-2;1-2-3-4-5(6)7;;/h1,3-8H2,2H3;2-4H2,1H3,(H,6,7);;/q;;;+1/p-1. The van der Waals surface area contributed by atoms with Gasteiger partial charge in [0.2, 0.25) is 0 Å². The molecular formula is C13H26O3Sn. The van der Waals surface area contributed by atoms with Gasteiger partial charge in [-0.15, -0.1) is 0 Å². The molecule has 0 bridgehead atoms. The topological polar surface area (TPSA) is 43.4 Å². The second-order valence-corrected chi connectivity index (χ2v) is 8.60. The number of hydrogen-bond donors (Lipinski definition) is 0. The van der Waals surface area contributed by atoms with Crippen molar-refractivity contribution in [3.8, 4) is 0 Å². The first-order valence-electron chi connectivity index (χ1n) is 6.94. The molecule has 0 saturated carbocycles. The SMILES string of the molecule is CCCCCCC[CH2][Sn](=[O])[O]C(=O)CCCC. The third-order valence-corrected chi connectivity index (χ3v) is 6.17. The summed E-state index contributed by atoms with van der Waals surface area (Å²) in [5.41, 5.74) is 0. The number of carbonyl (C=O) groups is 1. The summed E-state index contributed by atoms with van der Waals surface area (Å²) in [5, 5.41) is 0. The normalized spacial score (nSPS) is 10.2. The van der Waals surface area contributed by atoms with E-state index in [1.165, 1.54) is 25.7 Å². The molecule has 0 aromatic rings. The van der Waals surface area contributed by atoms with Crippen LogP contribution in [0.3, 0.4) is 0 Å². The van der Waals surface area contributed by atoms with Gasteiger partial charge in [0.1, 0.15) is 0 Å². The molecule has 0 saturated heterocycles. The zero-order valence-electron chi connectivity index (χ0n) is 11.3. The van der Waals surface area contributed by atoms with Crippen molar-refractivity contribution in [1.82, 2.24) is 0 Å². The summed E-state index contributed by atoms with van der Waals surface area (Å²) < 4.78 is 17.2. The molecule has 0 N–H and O–H groups in total. The van der Waals surface area contributed by atoms with E-state index >= 15 is 0 Å². The van der Waals surface area contributed by atoms with Crippen molar-refractivity contribution >= 4 is 26.1 Å². The van der Waals surface area contributed by atoms with Gasteiger partial charge < -0.3 is 0 Å². The number of hydrogen-bond acceptors (Lipinski definition) is 3. The molecule has 0 aliphatic heterocycles. The Labute approximate surface area is 113 Å². The van der Waals surface area contributed by atoms with Crippen molar-refractivity contribution < 1.29 is 10.9 Å². The Kier molecular flexibility index (Phi) is 12.6. The molecule has 3 nitrogen and oxygen atoms in total. The zero-order chi connectivity index (χ0) is 12.9. The van der Waals surface area contributed by atoms with E-state index in [-0.39, 0.29) is 5.97 Å². The first-order chi connectivity index (χ1) is 8.20. The Balaban J connectivity index is 3.36. The summed E-state index contributed by atoms with van der Waals surface area (Å²) in [4.78, 5) is 11.2. The van der Waals surface area contributed by atoms with Gasteiger partial charge in [-0.25, -0.2) is 0 Å². The molecule has 4 heteroatoms. The van der Waals surface area contributed by atoms with Crippen LogP contribution in [-0.2, 0) is 10.9 Å². The van der Waals surface area contributed by atoms with Crippen molar-refractivity contribution in [2.24, 2.45) is 0 Å². The van der Waals surface area contributed by atoms with E-state index in [1.807, 2.05) is 6.92 Å². The third kappa shape index (κ3) is 12.3. The Hall–Kier alpha value is 0.0687. The van der Waals surface area contributed by atoms with Gasteiger partial charge in [-0.1, -0.05) is 0 Å². The molecule has 0 amide bonds. The van der Waals surface area contributed by atoms with Gasteiger partial charge in [0.25, 0.3) is 0 Å². The van der Waals surface area contributed by atoms with Gasteiger partial charge in [-0.3, -0.25) is 0 Å². The van der Waals surface area contributed by atoms with Crippen LogP contribution in [0, 0.1) is 0 Å². The van der Waals surface area contributed by atoms with E-state index in [4.69, 9.17) is 3.07 Å². The predicted molar refractivity (Wildman–Crippen MR) is 70.2 cm³/mol. The van der Waals surface area contributed by atoms with Crippen LogP contribution in [0.1, 0.15) is 71.6 Å². The fraction of sp³-hybridized carbons (Fsp3) is 0.923. The fourth-order valence-corrected chi connectivity index (χ4v) is 4.44. The van der Waals surface area contributed by atoms with Gasteiger partial charge in [0, 0.05) is 0 Å². The van der Waals surface area contributed by atoms with E-state index in [9.17, 15) is 7.87 Å². The number of unbranched alkanes of at least 4 members (excludes halogenated alkanes) is 6. The van der Waals surface area contributed by atoms with E-state index < -0.39 is 20.2 Å². The molecule has 0 rings (SSSR count). The van der Waals surface area contributed by atoms with Crippen molar-refractivity contribution in [1.29, 1.82) is 0 Å². The van der Waals surface area contributed by atoms with Crippen LogP contribution in [0.5, 0.6) is 0 Å². The molecule has 0 spiro atoms. The summed E-state index contributed by atoms with van der Waals surface area (Å²) in [6.45, 7) is 4.22. The quantitative estimate of drug-likeness (QED) is 0.418. The van der Waals surface area contributed by atoms with Crippen LogP contribution in [-0.4, -0.2) is 26.1 Å². The predicted octanol–water partition coefficient (Wildman–Crippen LogP) is 4.00. The van der Waals surface area contributed by atoms with Gasteiger partial charge in [0.15, 0.2) is 0 Å². The molecule has 0 aromatic carbocycles. The van der Waals surface area contributed by atoms with Gasteiger partial charge in [0.05, 0.1) is 0 Å². The number of rotatable bonds is 11. The third-order valence-electron chi connectivity index (χ3n) is 2.70. The molecule has 100 valence electrons. The minimum atomic E-state index is -3.01. The summed E-state index contributed by atoms with van der Waals surface area (Å²) in [7, 11) is 0. The molecule has 0 aliphatic rings. The van der Waals surface area contributed by atoms with E-state index in [1.54, 1.807) is 0 Å². The maximum absolute atomic E-state index is 11.5. The van der Waals surface area contributed by atoms with Crippen LogP contribution in [0.2, 0.25) is 4.44 Å². The first kappa shape index (κ1) is 17.1. The molecule has 17 heavy (non-hydrogen) atoms. The van der Waals surface area contributed by atoms with Crippen LogP contribution in [0.15, 0.2) is 0 Å². The fourth-order valence-electron chi connectivity index (χ4n) is 1.60. The Morgan fingerprint density at radius 1 is 0.941 bits per heavy atom. The monoisotopic (exact) mass is 350 g/mol. The Bertz CT molecular complexity index is 217. The second kappa shape index (κ2) is 12.5. The summed E-state index contributed by atoms with van der Waals surface area (Å²) in [6, 6.07) is 0. The molecule has 0 unspecified atom stereocenters. The summed E-state index contributed by atoms with van der Waals surface area (Å²) >= 11 is -3.01. The molecular weight excluding hydrogens is 323 g/mol. The molecule has 0 radical (unpaired) electrons. The first-order valence-corrected chi connectivity index (χ1v) is 11.3. The average Bonchev–Trinajstić information content (AvgIpc) is 2.31. The van der Waals surface area contributed by atoms with Gasteiger partial charge in [-0.05, 0) is 0 Å². The molecule has 0 aromatic heterocycles. The van der Waals surface area contributed by atoms with E-state index in [2.05, 4.69) is 6.92 Å². The molecule has 0 aliphatic carbocycles. The summed E-state index contributed by atoms with van der Waals surface area (Å²) in [6.07, 6.45) is 9.35. The van der Waals surface area contributed by atoms with Crippen molar-refractivity contribution in [2.45, 2.75) is 76.1 Å². The molecule has 0 atom stereocenters. The minimum absolute atomic E-state index is 0.248. The van der Waals surface area contributed by atoms with Crippen LogP contribution < -0.4 is 0 Å². The van der Waals surface area contributed by atoms with Gasteiger partial charge >= 0.3 is 113 Å².